The largest absolute Gasteiger partial charge is 0.363 e. The molecule has 0 saturated carbocycles. The third kappa shape index (κ3) is 6.73. The quantitative estimate of drug-likeness (QED) is 0.367. The van der Waals surface area contributed by atoms with Crippen LogP contribution in [0.5, 0.6) is 0 Å². The summed E-state index contributed by atoms with van der Waals surface area (Å²) < 4.78 is 0. The van der Waals surface area contributed by atoms with Gasteiger partial charge in [0, 0.05) is 46.0 Å². The summed E-state index contributed by atoms with van der Waals surface area (Å²) in [6.45, 7) is 4.68. The van der Waals surface area contributed by atoms with E-state index in [9.17, 15) is 0 Å². The molecule has 0 amide bonds. The van der Waals surface area contributed by atoms with E-state index in [2.05, 4.69) is 42.6 Å². The number of aryl methyl sites for hydroxylation is 1. The summed E-state index contributed by atoms with van der Waals surface area (Å²) in [6, 6.07) is 12.7. The number of piperidine rings is 1. The first kappa shape index (κ1) is 23.2. The zero-order valence-corrected chi connectivity index (χ0v) is 20.1. The lowest BCUT2D eigenvalue weighted by molar-refractivity contribution is 0.459. The Morgan fingerprint density at radius 3 is 2.52 bits per heavy atom. The lowest BCUT2D eigenvalue weighted by atomic mass is 10.1. The Labute approximate surface area is 191 Å². The Balaban J connectivity index is 0.00000300. The van der Waals surface area contributed by atoms with E-state index in [0.717, 1.165) is 54.9 Å². The van der Waals surface area contributed by atoms with Crippen LogP contribution in [0.2, 0.25) is 0 Å². The molecule has 3 heterocycles. The van der Waals surface area contributed by atoms with Crippen LogP contribution in [0.3, 0.4) is 0 Å². The molecule has 3 rings (SSSR count). The van der Waals surface area contributed by atoms with Crippen molar-refractivity contribution in [1.82, 2.24) is 20.6 Å². The van der Waals surface area contributed by atoms with Crippen LogP contribution in [-0.2, 0) is 6.54 Å². The first-order chi connectivity index (χ1) is 13.5. The van der Waals surface area contributed by atoms with Crippen LogP contribution in [0.1, 0.15) is 24.2 Å². The zero-order chi connectivity index (χ0) is 19.9. The molecule has 1 aliphatic rings. The second kappa shape index (κ2) is 11.2. The van der Waals surface area contributed by atoms with E-state index in [1.54, 1.807) is 0 Å². The molecule has 0 atom stereocenters. The minimum atomic E-state index is 0. The number of guanidine groups is 1. The van der Waals surface area contributed by atoms with E-state index in [0.29, 0.717) is 12.6 Å². The van der Waals surface area contributed by atoms with Crippen LogP contribution in [0.15, 0.2) is 41.4 Å². The molecular formula is C21H32IN7. The van der Waals surface area contributed by atoms with Gasteiger partial charge in [0.25, 0.3) is 0 Å². The number of rotatable bonds is 5. The first-order valence-corrected chi connectivity index (χ1v) is 9.84. The number of nitrogens with one attached hydrogen (secondary N) is 2. The minimum absolute atomic E-state index is 0. The third-order valence-corrected chi connectivity index (χ3v) is 4.94. The van der Waals surface area contributed by atoms with Gasteiger partial charge in [-0.3, -0.25) is 4.99 Å². The van der Waals surface area contributed by atoms with Gasteiger partial charge in [0.2, 0.25) is 0 Å². The van der Waals surface area contributed by atoms with Gasteiger partial charge in [-0.2, -0.15) is 0 Å². The van der Waals surface area contributed by atoms with Crippen molar-refractivity contribution in [3.05, 3.63) is 47.8 Å². The summed E-state index contributed by atoms with van der Waals surface area (Å²) >= 11 is 0. The van der Waals surface area contributed by atoms with Gasteiger partial charge in [0.05, 0.1) is 12.2 Å². The molecule has 1 saturated heterocycles. The van der Waals surface area contributed by atoms with Crippen molar-refractivity contribution in [1.29, 1.82) is 0 Å². The van der Waals surface area contributed by atoms with Gasteiger partial charge in [0.1, 0.15) is 11.6 Å². The van der Waals surface area contributed by atoms with E-state index in [-0.39, 0.29) is 24.0 Å². The molecule has 2 aromatic rings. The predicted octanol–water partition coefficient (Wildman–Crippen LogP) is 2.80. The summed E-state index contributed by atoms with van der Waals surface area (Å²) in [4.78, 5) is 18.0. The van der Waals surface area contributed by atoms with Crippen LogP contribution in [-0.4, -0.2) is 56.2 Å². The molecule has 0 unspecified atom stereocenters. The number of halogens is 1. The Morgan fingerprint density at radius 2 is 1.86 bits per heavy atom. The minimum Gasteiger partial charge on any atom is -0.363 e. The molecule has 29 heavy (non-hydrogen) atoms. The fraction of sp³-hybridized carbons (Fsp3) is 0.476. The number of aliphatic imine (C=N–C) groups is 1. The summed E-state index contributed by atoms with van der Waals surface area (Å²) in [5.41, 5.74) is 2.06. The molecule has 0 bridgehead atoms. The zero-order valence-electron chi connectivity index (χ0n) is 17.7. The SMILES string of the molecule is CN=C(NCc1cccc(N(C)C)n1)NC1CCN(c2cccc(C)n2)CC1.I. The lowest BCUT2D eigenvalue weighted by Gasteiger charge is -2.34. The molecule has 0 aliphatic carbocycles. The maximum absolute atomic E-state index is 4.64. The Morgan fingerprint density at radius 1 is 1.14 bits per heavy atom. The highest BCUT2D eigenvalue weighted by atomic mass is 127. The van der Waals surface area contributed by atoms with Gasteiger partial charge in [-0.25, -0.2) is 9.97 Å². The Hall–Kier alpha value is -2.10. The van der Waals surface area contributed by atoms with E-state index < -0.39 is 0 Å². The molecule has 0 radical (unpaired) electrons. The molecule has 1 aliphatic heterocycles. The van der Waals surface area contributed by atoms with Crippen molar-refractivity contribution in [2.24, 2.45) is 4.99 Å². The van der Waals surface area contributed by atoms with Crippen molar-refractivity contribution in [3.63, 3.8) is 0 Å². The average Bonchev–Trinajstić information content (AvgIpc) is 2.71. The van der Waals surface area contributed by atoms with Crippen molar-refractivity contribution >= 4 is 41.6 Å². The second-order valence-electron chi connectivity index (χ2n) is 7.35. The third-order valence-electron chi connectivity index (χ3n) is 4.94. The summed E-state index contributed by atoms with van der Waals surface area (Å²) in [7, 11) is 5.81. The normalized spacial score (nSPS) is 14.9. The molecule has 0 spiro atoms. The van der Waals surface area contributed by atoms with Crippen molar-refractivity contribution in [3.8, 4) is 0 Å². The number of hydrogen-bond donors (Lipinski definition) is 2. The number of hydrogen-bond acceptors (Lipinski definition) is 5. The van der Waals surface area contributed by atoms with E-state index in [1.165, 1.54) is 0 Å². The second-order valence-corrected chi connectivity index (χ2v) is 7.35. The number of anilines is 2. The maximum atomic E-state index is 4.64. The highest BCUT2D eigenvalue weighted by molar-refractivity contribution is 14.0. The molecule has 7 nitrogen and oxygen atoms in total. The molecule has 2 aromatic heterocycles. The molecule has 158 valence electrons. The molecule has 0 aromatic carbocycles. The molecule has 1 fully saturated rings. The lowest BCUT2D eigenvalue weighted by Crippen LogP contribution is -2.48. The van der Waals surface area contributed by atoms with Gasteiger partial charge < -0.3 is 20.4 Å². The van der Waals surface area contributed by atoms with Crippen molar-refractivity contribution in [2.75, 3.05) is 44.0 Å². The number of nitrogens with zero attached hydrogens (tertiary/aromatic N) is 5. The molecule has 2 N–H and O–H groups in total. The summed E-state index contributed by atoms with van der Waals surface area (Å²) in [5.74, 6) is 2.86. The topological polar surface area (TPSA) is 68.7 Å². The van der Waals surface area contributed by atoms with Crippen LogP contribution in [0, 0.1) is 6.92 Å². The van der Waals surface area contributed by atoms with Crippen LogP contribution < -0.4 is 20.4 Å². The van der Waals surface area contributed by atoms with Gasteiger partial charge in [-0.05, 0) is 44.0 Å². The van der Waals surface area contributed by atoms with Crippen LogP contribution >= 0.6 is 24.0 Å². The van der Waals surface area contributed by atoms with Gasteiger partial charge in [-0.15, -0.1) is 24.0 Å². The fourth-order valence-electron chi connectivity index (χ4n) is 3.33. The average molecular weight is 509 g/mol. The van der Waals surface area contributed by atoms with Crippen LogP contribution in [0.25, 0.3) is 0 Å². The van der Waals surface area contributed by atoms with Crippen molar-refractivity contribution in [2.45, 2.75) is 32.4 Å². The number of aromatic nitrogens is 2. The highest BCUT2D eigenvalue weighted by Crippen LogP contribution is 2.18. The van der Waals surface area contributed by atoms with Crippen molar-refractivity contribution < 1.29 is 0 Å². The highest BCUT2D eigenvalue weighted by Gasteiger charge is 2.21. The Bertz CT molecular complexity index is 801. The standard InChI is InChI=1S/C21H31N7.HI/c1-16-7-5-10-20(24-16)28-13-11-17(12-14-28)26-21(22-2)23-15-18-8-6-9-19(25-18)27(3)4;/h5-10,17H,11-15H2,1-4H3,(H2,22,23,26);1H. The smallest absolute Gasteiger partial charge is 0.191 e. The van der Waals surface area contributed by atoms with Crippen LogP contribution in [0.4, 0.5) is 11.6 Å². The molecular weight excluding hydrogens is 477 g/mol. The number of pyridine rings is 2. The van der Waals surface area contributed by atoms with E-state index in [1.807, 2.05) is 57.2 Å². The monoisotopic (exact) mass is 509 g/mol. The fourth-order valence-corrected chi connectivity index (χ4v) is 3.33. The van der Waals surface area contributed by atoms with E-state index >= 15 is 0 Å². The first-order valence-electron chi connectivity index (χ1n) is 9.84. The molecule has 8 heteroatoms. The van der Waals surface area contributed by atoms with Gasteiger partial charge in [-0.1, -0.05) is 12.1 Å². The predicted molar refractivity (Wildman–Crippen MR) is 132 cm³/mol. The van der Waals surface area contributed by atoms with Gasteiger partial charge in [0.15, 0.2) is 5.96 Å². The van der Waals surface area contributed by atoms with Gasteiger partial charge >= 0.3 is 0 Å². The van der Waals surface area contributed by atoms with E-state index in [4.69, 9.17) is 0 Å². The maximum Gasteiger partial charge on any atom is 0.191 e. The summed E-state index contributed by atoms with van der Waals surface area (Å²) in [5, 5.41) is 6.93. The summed E-state index contributed by atoms with van der Waals surface area (Å²) in [6.07, 6.45) is 2.12. The Kier molecular flexibility index (Phi) is 8.94.